The molecule has 0 unspecified atom stereocenters. The molecule has 4 aromatic rings. The van der Waals surface area contributed by atoms with Crippen molar-refractivity contribution >= 4 is 35.1 Å². The van der Waals surface area contributed by atoms with Gasteiger partial charge in [0, 0.05) is 29.1 Å². The van der Waals surface area contributed by atoms with Crippen LogP contribution in [0.1, 0.15) is 21.8 Å². The molecular weight excluding hydrogens is 426 g/mol. The average Bonchev–Trinajstić information content (AvgIpc) is 3.46. The van der Waals surface area contributed by atoms with Crippen LogP contribution in [0.4, 0.5) is 0 Å². The standard InChI is InChI=1S/C23H21N5OS2/c29-22(9-8-20-7-4-14-30-20)25-15-21-26-27-23(31-17-19-10-12-24-13-11-19)28(21)16-18-5-2-1-3-6-18/h1-14H,15-17H2,(H,25,29). The number of hydrogen-bond acceptors (Lipinski definition) is 6. The van der Waals surface area contributed by atoms with E-state index in [4.69, 9.17) is 0 Å². The first-order valence-electron chi connectivity index (χ1n) is 9.75. The summed E-state index contributed by atoms with van der Waals surface area (Å²) in [5, 5.41) is 14.4. The molecule has 156 valence electrons. The number of nitrogens with one attached hydrogen (secondary N) is 1. The summed E-state index contributed by atoms with van der Waals surface area (Å²) in [7, 11) is 0. The summed E-state index contributed by atoms with van der Waals surface area (Å²) in [4.78, 5) is 17.3. The Morgan fingerprint density at radius 1 is 1.03 bits per heavy atom. The Kier molecular flexibility index (Phi) is 7.25. The van der Waals surface area contributed by atoms with Gasteiger partial charge in [0.25, 0.3) is 0 Å². The lowest BCUT2D eigenvalue weighted by Crippen LogP contribution is -2.23. The molecule has 0 bridgehead atoms. The molecule has 31 heavy (non-hydrogen) atoms. The predicted molar refractivity (Wildman–Crippen MR) is 125 cm³/mol. The van der Waals surface area contributed by atoms with Crippen LogP contribution in [0.3, 0.4) is 0 Å². The zero-order valence-corrected chi connectivity index (χ0v) is 18.4. The Balaban J connectivity index is 1.46. The molecule has 0 aliphatic heterocycles. The number of hydrogen-bond donors (Lipinski definition) is 1. The van der Waals surface area contributed by atoms with Gasteiger partial charge in [-0.05, 0) is 40.8 Å². The molecule has 0 spiro atoms. The molecule has 0 atom stereocenters. The number of thiophene rings is 1. The van der Waals surface area contributed by atoms with Gasteiger partial charge >= 0.3 is 0 Å². The number of aromatic nitrogens is 4. The van der Waals surface area contributed by atoms with Gasteiger partial charge in [-0.3, -0.25) is 9.78 Å². The van der Waals surface area contributed by atoms with E-state index in [1.807, 2.05) is 53.9 Å². The minimum absolute atomic E-state index is 0.159. The Bertz CT molecular complexity index is 1130. The lowest BCUT2D eigenvalue weighted by atomic mass is 10.2. The van der Waals surface area contributed by atoms with E-state index in [1.54, 1.807) is 41.6 Å². The second kappa shape index (κ2) is 10.7. The molecule has 1 aromatic carbocycles. The van der Waals surface area contributed by atoms with Crippen molar-refractivity contribution in [2.45, 2.75) is 24.0 Å². The van der Waals surface area contributed by atoms with Crippen LogP contribution >= 0.6 is 23.1 Å². The van der Waals surface area contributed by atoms with Crippen molar-refractivity contribution in [1.82, 2.24) is 25.1 Å². The van der Waals surface area contributed by atoms with E-state index < -0.39 is 0 Å². The highest BCUT2D eigenvalue weighted by Crippen LogP contribution is 2.23. The number of pyridine rings is 1. The summed E-state index contributed by atoms with van der Waals surface area (Å²) in [6, 6.07) is 18.1. The molecule has 0 saturated carbocycles. The largest absolute Gasteiger partial charge is 0.345 e. The summed E-state index contributed by atoms with van der Waals surface area (Å²) >= 11 is 3.21. The molecule has 0 fully saturated rings. The molecule has 0 radical (unpaired) electrons. The van der Waals surface area contributed by atoms with Gasteiger partial charge < -0.3 is 9.88 Å². The van der Waals surface area contributed by atoms with Gasteiger partial charge in [-0.15, -0.1) is 21.5 Å². The van der Waals surface area contributed by atoms with E-state index in [0.717, 1.165) is 27.2 Å². The van der Waals surface area contributed by atoms with Crippen molar-refractivity contribution in [1.29, 1.82) is 0 Å². The number of carbonyl (C=O) groups is 1. The van der Waals surface area contributed by atoms with Crippen molar-refractivity contribution in [2.75, 3.05) is 0 Å². The molecule has 0 saturated heterocycles. The SMILES string of the molecule is O=C(C=Cc1cccs1)NCc1nnc(SCc2ccncc2)n1Cc1ccccc1. The van der Waals surface area contributed by atoms with Gasteiger partial charge in [0.05, 0.1) is 13.1 Å². The fourth-order valence-corrected chi connectivity index (χ4v) is 4.41. The Morgan fingerprint density at radius 2 is 1.87 bits per heavy atom. The van der Waals surface area contributed by atoms with E-state index in [-0.39, 0.29) is 5.91 Å². The fraction of sp³-hybridized carbons (Fsp3) is 0.130. The van der Waals surface area contributed by atoms with Gasteiger partial charge in [-0.25, -0.2) is 0 Å². The van der Waals surface area contributed by atoms with Crippen LogP contribution in [0.5, 0.6) is 0 Å². The second-order valence-corrected chi connectivity index (χ2v) is 8.60. The maximum absolute atomic E-state index is 12.2. The number of nitrogens with zero attached hydrogens (tertiary/aromatic N) is 4. The highest BCUT2D eigenvalue weighted by Gasteiger charge is 2.14. The van der Waals surface area contributed by atoms with E-state index in [9.17, 15) is 4.79 Å². The Labute approximate surface area is 189 Å². The Morgan fingerprint density at radius 3 is 2.65 bits per heavy atom. The van der Waals surface area contributed by atoms with E-state index >= 15 is 0 Å². The smallest absolute Gasteiger partial charge is 0.244 e. The number of benzene rings is 1. The summed E-state index contributed by atoms with van der Waals surface area (Å²) in [5.41, 5.74) is 2.32. The van der Waals surface area contributed by atoms with Crippen LogP contribution in [0.15, 0.2) is 83.6 Å². The molecule has 3 heterocycles. The van der Waals surface area contributed by atoms with E-state index in [1.165, 1.54) is 5.56 Å². The lowest BCUT2D eigenvalue weighted by Gasteiger charge is -2.11. The van der Waals surface area contributed by atoms with Gasteiger partial charge in [0.15, 0.2) is 11.0 Å². The third-order valence-electron chi connectivity index (χ3n) is 4.46. The van der Waals surface area contributed by atoms with Crippen LogP contribution in [-0.2, 0) is 23.6 Å². The molecule has 1 N–H and O–H groups in total. The zero-order valence-electron chi connectivity index (χ0n) is 16.7. The van der Waals surface area contributed by atoms with Crippen molar-refractivity contribution in [3.63, 3.8) is 0 Å². The third kappa shape index (κ3) is 6.13. The number of amides is 1. The highest BCUT2D eigenvalue weighted by molar-refractivity contribution is 7.98. The summed E-state index contributed by atoms with van der Waals surface area (Å²) in [6.45, 7) is 0.950. The first kappa shape index (κ1) is 21.0. The number of thioether (sulfide) groups is 1. The maximum Gasteiger partial charge on any atom is 0.244 e. The Hall–Kier alpha value is -3.23. The van der Waals surface area contributed by atoms with E-state index in [2.05, 4.69) is 37.2 Å². The zero-order chi connectivity index (χ0) is 21.3. The molecular formula is C23H21N5OS2. The number of carbonyl (C=O) groups excluding carboxylic acids is 1. The van der Waals surface area contributed by atoms with Gasteiger partial charge in [-0.1, -0.05) is 48.2 Å². The van der Waals surface area contributed by atoms with Gasteiger partial charge in [0.1, 0.15) is 0 Å². The van der Waals surface area contributed by atoms with Gasteiger partial charge in [0.2, 0.25) is 5.91 Å². The van der Waals surface area contributed by atoms with Crippen molar-refractivity contribution in [3.8, 4) is 0 Å². The molecule has 4 rings (SSSR count). The number of rotatable bonds is 9. The van der Waals surface area contributed by atoms with E-state index in [0.29, 0.717) is 13.1 Å². The normalized spacial score (nSPS) is 11.1. The van der Waals surface area contributed by atoms with Crippen molar-refractivity contribution < 1.29 is 4.79 Å². The minimum Gasteiger partial charge on any atom is -0.345 e. The first-order chi connectivity index (χ1) is 15.3. The van der Waals surface area contributed by atoms with Gasteiger partial charge in [-0.2, -0.15) is 0 Å². The molecule has 3 aromatic heterocycles. The molecule has 1 amide bonds. The topological polar surface area (TPSA) is 72.7 Å². The minimum atomic E-state index is -0.159. The van der Waals surface area contributed by atoms with Crippen LogP contribution in [0, 0.1) is 0 Å². The van der Waals surface area contributed by atoms with Crippen LogP contribution in [-0.4, -0.2) is 25.7 Å². The molecule has 0 aliphatic carbocycles. The predicted octanol–water partition coefficient (Wildman–Crippen LogP) is 4.40. The maximum atomic E-state index is 12.2. The summed E-state index contributed by atoms with van der Waals surface area (Å²) in [6.07, 6.45) is 6.93. The quantitative estimate of drug-likeness (QED) is 0.304. The van der Waals surface area contributed by atoms with Crippen LogP contribution < -0.4 is 5.32 Å². The fourth-order valence-electron chi connectivity index (χ4n) is 2.88. The van der Waals surface area contributed by atoms with Crippen molar-refractivity contribution in [3.05, 3.63) is 100 Å². The lowest BCUT2D eigenvalue weighted by molar-refractivity contribution is -0.116. The van der Waals surface area contributed by atoms with Crippen molar-refractivity contribution in [2.24, 2.45) is 0 Å². The average molecular weight is 448 g/mol. The van der Waals surface area contributed by atoms with Crippen LogP contribution in [0.25, 0.3) is 6.08 Å². The monoisotopic (exact) mass is 447 g/mol. The third-order valence-corrected chi connectivity index (χ3v) is 6.33. The summed E-state index contributed by atoms with van der Waals surface area (Å²) < 4.78 is 2.06. The molecule has 6 nitrogen and oxygen atoms in total. The highest BCUT2D eigenvalue weighted by atomic mass is 32.2. The molecule has 0 aliphatic rings. The second-order valence-electron chi connectivity index (χ2n) is 6.68. The van der Waals surface area contributed by atoms with Crippen LogP contribution in [0.2, 0.25) is 0 Å². The molecule has 8 heteroatoms. The summed E-state index contributed by atoms with van der Waals surface area (Å²) in [5.74, 6) is 1.33. The first-order valence-corrected chi connectivity index (χ1v) is 11.6.